The lowest BCUT2D eigenvalue weighted by Crippen LogP contribution is -2.42. The number of primary sulfonamides is 1. The molecule has 1 saturated heterocycles. The summed E-state index contributed by atoms with van der Waals surface area (Å²) in [7, 11) is -3.78. The summed E-state index contributed by atoms with van der Waals surface area (Å²) in [5, 5.41) is 18.4. The third kappa shape index (κ3) is 3.60. The monoisotopic (exact) mass is 301 g/mol. The van der Waals surface area contributed by atoms with Crippen LogP contribution in [0.25, 0.3) is 0 Å². The van der Waals surface area contributed by atoms with Gasteiger partial charge in [0.25, 0.3) is 0 Å². The summed E-state index contributed by atoms with van der Waals surface area (Å²) < 4.78 is 27.8. The van der Waals surface area contributed by atoms with Gasteiger partial charge < -0.3 is 20.9 Å². The molecule has 0 bridgehead atoms. The van der Waals surface area contributed by atoms with Crippen molar-refractivity contribution in [2.75, 3.05) is 30.8 Å². The average molecular weight is 301 g/mol. The van der Waals surface area contributed by atoms with Crippen LogP contribution in [0.4, 0.5) is 11.4 Å². The molecule has 2 rings (SSSR count). The lowest BCUT2D eigenvalue weighted by molar-refractivity contribution is -0.0543. The van der Waals surface area contributed by atoms with Crippen molar-refractivity contribution in [2.24, 2.45) is 5.14 Å². The van der Waals surface area contributed by atoms with E-state index in [9.17, 15) is 13.5 Å². The zero-order chi connectivity index (χ0) is 14.8. The summed E-state index contributed by atoms with van der Waals surface area (Å²) in [5.74, 6) is 0. The van der Waals surface area contributed by atoms with Crippen molar-refractivity contribution in [3.63, 3.8) is 0 Å². The fourth-order valence-electron chi connectivity index (χ4n) is 2.05. The Balaban J connectivity index is 2.13. The molecule has 0 spiro atoms. The fourth-order valence-corrected chi connectivity index (χ4v) is 2.59. The summed E-state index contributed by atoms with van der Waals surface area (Å²) >= 11 is 0. The van der Waals surface area contributed by atoms with Crippen LogP contribution in [0, 0.1) is 0 Å². The van der Waals surface area contributed by atoms with Gasteiger partial charge in [0, 0.05) is 32.6 Å². The average Bonchev–Trinajstić information content (AvgIpc) is 2.37. The maximum atomic E-state index is 11.3. The van der Waals surface area contributed by atoms with Crippen molar-refractivity contribution in [1.82, 2.24) is 0 Å². The Hall–Kier alpha value is -1.35. The quantitative estimate of drug-likeness (QED) is 0.574. The first-order valence-corrected chi connectivity index (χ1v) is 7.81. The number of nitrogens with two attached hydrogens (primary N) is 2. The number of nitrogen functional groups attached to an aromatic ring is 1. The van der Waals surface area contributed by atoms with Gasteiger partial charge in [0.1, 0.15) is 0 Å². The predicted molar refractivity (Wildman–Crippen MR) is 75.7 cm³/mol. The van der Waals surface area contributed by atoms with Crippen LogP contribution in [0.1, 0.15) is 12.8 Å². The highest BCUT2D eigenvalue weighted by atomic mass is 32.2. The van der Waals surface area contributed by atoms with Crippen molar-refractivity contribution in [1.29, 1.82) is 0 Å². The molecule has 6 N–H and O–H groups in total. The van der Waals surface area contributed by atoms with E-state index in [0.29, 0.717) is 37.4 Å². The molecule has 1 heterocycles. The van der Waals surface area contributed by atoms with E-state index in [4.69, 9.17) is 15.6 Å². The van der Waals surface area contributed by atoms with E-state index < -0.39 is 15.6 Å². The zero-order valence-electron chi connectivity index (χ0n) is 11.0. The molecule has 20 heavy (non-hydrogen) atoms. The molecule has 1 fully saturated rings. The van der Waals surface area contributed by atoms with Gasteiger partial charge in [-0.05, 0) is 18.2 Å². The van der Waals surface area contributed by atoms with Crippen LogP contribution in [-0.2, 0) is 14.8 Å². The molecule has 0 atom stereocenters. The summed E-state index contributed by atoms with van der Waals surface area (Å²) in [6, 6.07) is 4.18. The second kappa shape index (κ2) is 5.57. The van der Waals surface area contributed by atoms with Crippen molar-refractivity contribution >= 4 is 21.4 Å². The van der Waals surface area contributed by atoms with Crippen LogP contribution in [0.2, 0.25) is 0 Å². The van der Waals surface area contributed by atoms with E-state index in [1.54, 1.807) is 0 Å². The second-order valence-electron chi connectivity index (χ2n) is 4.98. The third-order valence-corrected chi connectivity index (χ3v) is 4.30. The van der Waals surface area contributed by atoms with Gasteiger partial charge in [-0.1, -0.05) is 0 Å². The number of benzene rings is 1. The Morgan fingerprint density at radius 1 is 1.35 bits per heavy atom. The molecule has 0 amide bonds. The Labute approximate surface area is 118 Å². The van der Waals surface area contributed by atoms with Crippen molar-refractivity contribution < 1.29 is 18.3 Å². The highest BCUT2D eigenvalue weighted by molar-refractivity contribution is 7.89. The summed E-state index contributed by atoms with van der Waals surface area (Å²) in [6.07, 6.45) is 1.05. The molecule has 0 aromatic heterocycles. The molecule has 8 heteroatoms. The van der Waals surface area contributed by atoms with Gasteiger partial charge >= 0.3 is 0 Å². The molecule has 7 nitrogen and oxygen atoms in total. The number of hydrogen-bond acceptors (Lipinski definition) is 6. The number of rotatable bonds is 4. The minimum Gasteiger partial charge on any atom is -0.397 e. The highest BCUT2D eigenvalue weighted by Crippen LogP contribution is 2.25. The van der Waals surface area contributed by atoms with Crippen molar-refractivity contribution in [2.45, 2.75) is 23.3 Å². The molecule has 0 aliphatic carbocycles. The Bertz CT molecular complexity index is 582. The van der Waals surface area contributed by atoms with Gasteiger partial charge in [-0.2, -0.15) is 0 Å². The molecule has 0 radical (unpaired) electrons. The van der Waals surface area contributed by atoms with E-state index in [0.717, 1.165) is 0 Å². The van der Waals surface area contributed by atoms with Crippen LogP contribution in [0.3, 0.4) is 0 Å². The SMILES string of the molecule is Nc1ccc(S(N)(=O)=O)cc1NCC1(O)CCOCC1. The molecule has 1 aliphatic heterocycles. The molecular weight excluding hydrogens is 282 g/mol. The van der Waals surface area contributed by atoms with Gasteiger partial charge in [-0.25, -0.2) is 13.6 Å². The third-order valence-electron chi connectivity index (χ3n) is 3.38. The number of ether oxygens (including phenoxy) is 1. The van der Waals surface area contributed by atoms with Gasteiger partial charge in [-0.3, -0.25) is 0 Å². The minimum absolute atomic E-state index is 0.0202. The fraction of sp³-hybridized carbons (Fsp3) is 0.500. The van der Waals surface area contributed by atoms with Crippen LogP contribution in [0.5, 0.6) is 0 Å². The Kier molecular flexibility index (Phi) is 4.19. The van der Waals surface area contributed by atoms with Crippen LogP contribution in [0.15, 0.2) is 23.1 Å². The molecule has 1 aromatic carbocycles. The highest BCUT2D eigenvalue weighted by Gasteiger charge is 2.29. The maximum absolute atomic E-state index is 11.3. The first kappa shape index (κ1) is 15.0. The van der Waals surface area contributed by atoms with E-state index >= 15 is 0 Å². The van der Waals surface area contributed by atoms with Crippen molar-refractivity contribution in [3.8, 4) is 0 Å². The molecule has 112 valence electrons. The zero-order valence-corrected chi connectivity index (χ0v) is 11.8. The molecular formula is C12H19N3O4S. The Morgan fingerprint density at radius 3 is 2.60 bits per heavy atom. The summed E-state index contributed by atoms with van der Waals surface area (Å²) in [5.41, 5.74) is 5.75. The lowest BCUT2D eigenvalue weighted by atomic mass is 9.94. The smallest absolute Gasteiger partial charge is 0.238 e. The topological polar surface area (TPSA) is 128 Å². The Morgan fingerprint density at radius 2 is 2.00 bits per heavy atom. The molecule has 1 aromatic rings. The summed E-state index contributed by atoms with van der Waals surface area (Å²) in [4.78, 5) is -0.0202. The number of aliphatic hydroxyl groups is 1. The van der Waals surface area contributed by atoms with E-state index in [1.807, 2.05) is 0 Å². The molecule has 0 unspecified atom stereocenters. The van der Waals surface area contributed by atoms with Gasteiger partial charge in [0.05, 0.1) is 21.9 Å². The minimum atomic E-state index is -3.78. The van der Waals surface area contributed by atoms with Gasteiger partial charge in [-0.15, -0.1) is 0 Å². The number of sulfonamides is 1. The largest absolute Gasteiger partial charge is 0.397 e. The molecule has 1 aliphatic rings. The molecule has 0 saturated carbocycles. The maximum Gasteiger partial charge on any atom is 0.238 e. The lowest BCUT2D eigenvalue weighted by Gasteiger charge is -2.32. The number of hydrogen-bond donors (Lipinski definition) is 4. The first-order valence-electron chi connectivity index (χ1n) is 6.27. The van der Waals surface area contributed by atoms with E-state index in [-0.39, 0.29) is 11.4 Å². The standard InChI is InChI=1S/C12H19N3O4S/c13-10-2-1-9(20(14,17)18)7-11(10)15-8-12(16)3-5-19-6-4-12/h1-2,7,15-16H,3-6,8,13H2,(H2,14,17,18). The summed E-state index contributed by atoms with van der Waals surface area (Å²) in [6.45, 7) is 1.28. The normalized spacial score (nSPS) is 18.7. The van der Waals surface area contributed by atoms with Crippen LogP contribution in [-0.4, -0.2) is 38.9 Å². The predicted octanol–water partition coefficient (Wildman–Crippen LogP) is -0.130. The van der Waals surface area contributed by atoms with Gasteiger partial charge in [0.2, 0.25) is 10.0 Å². The number of nitrogens with one attached hydrogen (secondary N) is 1. The number of anilines is 2. The van der Waals surface area contributed by atoms with Crippen LogP contribution < -0.4 is 16.2 Å². The van der Waals surface area contributed by atoms with E-state index in [1.165, 1.54) is 18.2 Å². The van der Waals surface area contributed by atoms with E-state index in [2.05, 4.69) is 5.32 Å². The first-order chi connectivity index (χ1) is 9.30. The van der Waals surface area contributed by atoms with Gasteiger partial charge in [0.15, 0.2) is 0 Å². The van der Waals surface area contributed by atoms with Crippen molar-refractivity contribution in [3.05, 3.63) is 18.2 Å². The second-order valence-corrected chi connectivity index (χ2v) is 6.55. The van der Waals surface area contributed by atoms with Crippen LogP contribution >= 0.6 is 0 Å².